The monoisotopic (exact) mass is 326 g/mol. The third-order valence-corrected chi connectivity index (χ3v) is 6.05. The maximum absolute atomic E-state index is 6.35. The molecule has 1 saturated carbocycles. The van der Waals surface area contributed by atoms with Crippen LogP contribution in [0.5, 0.6) is 0 Å². The van der Waals surface area contributed by atoms with Crippen LogP contribution in [0.4, 0.5) is 0 Å². The van der Waals surface area contributed by atoms with Crippen LogP contribution in [0.15, 0.2) is 18.2 Å². The number of nitrogens with two attached hydrogens (primary N) is 1. The lowest BCUT2D eigenvalue weighted by Crippen LogP contribution is -2.43. The Labute approximate surface area is 137 Å². The van der Waals surface area contributed by atoms with Crippen LogP contribution < -0.4 is 5.73 Å². The first-order valence-corrected chi connectivity index (χ1v) is 8.86. The number of fused-ring (bicyclic) bond motifs is 1. The van der Waals surface area contributed by atoms with Gasteiger partial charge in [0.1, 0.15) is 0 Å². The smallest absolute Gasteiger partial charge is 0.0640 e. The van der Waals surface area contributed by atoms with E-state index in [2.05, 4.69) is 4.90 Å². The Morgan fingerprint density at radius 1 is 1.19 bits per heavy atom. The molecule has 0 bridgehead atoms. The molecule has 2 N–H and O–H groups in total. The molecular formula is C17H24Cl2N2. The van der Waals surface area contributed by atoms with Gasteiger partial charge in [-0.2, -0.15) is 0 Å². The molecule has 1 aliphatic heterocycles. The standard InChI is InChI=1S/C17H24Cl2N2/c18-14-7-2-6-13(17(14)19)15(20)9-11-21-10-3-5-12-4-1-8-16(12)21/h2,6-7,12,15-16H,1,3-5,8-11,20H2. The quantitative estimate of drug-likeness (QED) is 0.872. The van der Waals surface area contributed by atoms with E-state index in [1.54, 1.807) is 0 Å². The summed E-state index contributed by atoms with van der Waals surface area (Å²) in [6, 6.07) is 6.51. The van der Waals surface area contributed by atoms with E-state index in [1.807, 2.05) is 18.2 Å². The summed E-state index contributed by atoms with van der Waals surface area (Å²) in [5.41, 5.74) is 7.33. The lowest BCUT2D eigenvalue weighted by molar-refractivity contribution is 0.109. The zero-order valence-corrected chi connectivity index (χ0v) is 13.9. The highest BCUT2D eigenvalue weighted by Gasteiger charge is 2.34. The topological polar surface area (TPSA) is 29.3 Å². The van der Waals surface area contributed by atoms with Crippen molar-refractivity contribution >= 4 is 23.2 Å². The molecule has 1 aromatic rings. The zero-order chi connectivity index (χ0) is 14.8. The highest BCUT2D eigenvalue weighted by molar-refractivity contribution is 6.42. The van der Waals surface area contributed by atoms with Crippen LogP contribution >= 0.6 is 23.2 Å². The van der Waals surface area contributed by atoms with E-state index in [-0.39, 0.29) is 6.04 Å². The predicted molar refractivity (Wildman–Crippen MR) is 89.9 cm³/mol. The van der Waals surface area contributed by atoms with Crippen molar-refractivity contribution in [2.45, 2.75) is 50.6 Å². The molecule has 1 saturated heterocycles. The fourth-order valence-electron chi connectivity index (χ4n) is 4.10. The average Bonchev–Trinajstić information content (AvgIpc) is 2.96. The molecule has 2 fully saturated rings. The van der Waals surface area contributed by atoms with Crippen molar-refractivity contribution in [3.8, 4) is 0 Å². The van der Waals surface area contributed by atoms with Crippen molar-refractivity contribution in [2.24, 2.45) is 11.7 Å². The van der Waals surface area contributed by atoms with Crippen LogP contribution in [-0.4, -0.2) is 24.0 Å². The minimum Gasteiger partial charge on any atom is -0.324 e. The summed E-state index contributed by atoms with van der Waals surface area (Å²) in [5, 5.41) is 1.21. The summed E-state index contributed by atoms with van der Waals surface area (Å²) in [5.74, 6) is 0.935. The third kappa shape index (κ3) is 3.39. The van der Waals surface area contributed by atoms with Crippen LogP contribution in [0.1, 0.15) is 50.1 Å². The summed E-state index contributed by atoms with van der Waals surface area (Å²) < 4.78 is 0. The molecule has 4 heteroatoms. The van der Waals surface area contributed by atoms with Crippen molar-refractivity contribution in [2.75, 3.05) is 13.1 Å². The van der Waals surface area contributed by atoms with Gasteiger partial charge in [-0.1, -0.05) is 41.8 Å². The second-order valence-corrected chi connectivity index (χ2v) is 7.26. The average molecular weight is 327 g/mol. The fraction of sp³-hybridized carbons (Fsp3) is 0.647. The lowest BCUT2D eigenvalue weighted by Gasteiger charge is -2.38. The Hall–Kier alpha value is -0.280. The third-order valence-electron chi connectivity index (χ3n) is 5.22. The molecular weight excluding hydrogens is 303 g/mol. The Kier molecular flexibility index (Phi) is 5.11. The minimum atomic E-state index is -0.0296. The van der Waals surface area contributed by atoms with Crippen LogP contribution in [0, 0.1) is 5.92 Å². The van der Waals surface area contributed by atoms with Crippen molar-refractivity contribution in [3.63, 3.8) is 0 Å². The Bertz CT molecular complexity index is 492. The molecule has 0 amide bonds. The lowest BCUT2D eigenvalue weighted by atomic mass is 9.91. The Morgan fingerprint density at radius 2 is 2.00 bits per heavy atom. The Morgan fingerprint density at radius 3 is 2.86 bits per heavy atom. The van der Waals surface area contributed by atoms with Crippen LogP contribution in [0.25, 0.3) is 0 Å². The maximum Gasteiger partial charge on any atom is 0.0640 e. The van der Waals surface area contributed by atoms with E-state index >= 15 is 0 Å². The molecule has 0 spiro atoms. The second kappa shape index (κ2) is 6.87. The normalized spacial score (nSPS) is 27.6. The van der Waals surface area contributed by atoms with Gasteiger partial charge in [-0.3, -0.25) is 0 Å². The number of hydrogen-bond acceptors (Lipinski definition) is 2. The number of hydrogen-bond donors (Lipinski definition) is 1. The van der Waals surface area contributed by atoms with Gasteiger partial charge in [0.25, 0.3) is 0 Å². The van der Waals surface area contributed by atoms with Gasteiger partial charge >= 0.3 is 0 Å². The summed E-state index contributed by atoms with van der Waals surface area (Å²) in [6.07, 6.45) is 7.91. The van der Waals surface area contributed by atoms with Gasteiger partial charge in [0.2, 0.25) is 0 Å². The molecule has 1 aromatic carbocycles. The van der Waals surface area contributed by atoms with Gasteiger partial charge in [-0.15, -0.1) is 0 Å². The van der Waals surface area contributed by atoms with Crippen LogP contribution in [-0.2, 0) is 0 Å². The van der Waals surface area contributed by atoms with E-state index < -0.39 is 0 Å². The van der Waals surface area contributed by atoms with Crippen molar-refractivity contribution in [1.82, 2.24) is 4.90 Å². The second-order valence-electron chi connectivity index (χ2n) is 6.47. The van der Waals surface area contributed by atoms with Gasteiger partial charge in [0.15, 0.2) is 0 Å². The van der Waals surface area contributed by atoms with E-state index in [1.165, 1.54) is 38.6 Å². The van der Waals surface area contributed by atoms with Gasteiger partial charge in [0.05, 0.1) is 10.0 Å². The van der Waals surface area contributed by atoms with Crippen molar-refractivity contribution < 1.29 is 0 Å². The van der Waals surface area contributed by atoms with Crippen LogP contribution in [0.3, 0.4) is 0 Å². The molecule has 3 rings (SSSR count). The predicted octanol–water partition coefficient (Wildman–Crippen LogP) is 4.65. The maximum atomic E-state index is 6.35. The van der Waals surface area contributed by atoms with Crippen molar-refractivity contribution in [3.05, 3.63) is 33.8 Å². The van der Waals surface area contributed by atoms with Gasteiger partial charge in [-0.05, 0) is 56.2 Å². The fourth-order valence-corrected chi connectivity index (χ4v) is 4.55. The minimum absolute atomic E-state index is 0.0296. The molecule has 3 atom stereocenters. The Balaban J connectivity index is 1.60. The molecule has 21 heavy (non-hydrogen) atoms. The highest BCUT2D eigenvalue weighted by atomic mass is 35.5. The molecule has 2 nitrogen and oxygen atoms in total. The molecule has 116 valence electrons. The number of rotatable bonds is 4. The van der Waals surface area contributed by atoms with Gasteiger partial charge in [0, 0.05) is 18.6 Å². The van der Waals surface area contributed by atoms with Crippen molar-refractivity contribution in [1.29, 1.82) is 0 Å². The summed E-state index contributed by atoms with van der Waals surface area (Å²) in [4.78, 5) is 2.67. The summed E-state index contributed by atoms with van der Waals surface area (Å²) >= 11 is 12.4. The molecule has 0 radical (unpaired) electrons. The van der Waals surface area contributed by atoms with Gasteiger partial charge < -0.3 is 10.6 Å². The SMILES string of the molecule is NC(CCN1CCCC2CCCC21)c1cccc(Cl)c1Cl. The molecule has 2 aliphatic rings. The first kappa shape index (κ1) is 15.6. The largest absolute Gasteiger partial charge is 0.324 e. The number of benzene rings is 1. The van der Waals surface area contributed by atoms with E-state index in [0.717, 1.165) is 30.5 Å². The number of likely N-dealkylation sites (tertiary alicyclic amines) is 1. The van der Waals surface area contributed by atoms with E-state index in [9.17, 15) is 0 Å². The van der Waals surface area contributed by atoms with Crippen LogP contribution in [0.2, 0.25) is 10.0 Å². The highest BCUT2D eigenvalue weighted by Crippen LogP contribution is 2.37. The molecule has 0 aromatic heterocycles. The number of nitrogens with zero attached hydrogens (tertiary/aromatic N) is 1. The number of halogens is 2. The van der Waals surface area contributed by atoms with E-state index in [4.69, 9.17) is 28.9 Å². The summed E-state index contributed by atoms with van der Waals surface area (Å²) in [7, 11) is 0. The molecule has 1 aliphatic carbocycles. The first-order valence-electron chi connectivity index (χ1n) is 8.10. The first-order chi connectivity index (χ1) is 10.2. The molecule has 1 heterocycles. The zero-order valence-electron chi connectivity index (χ0n) is 12.4. The number of piperidine rings is 1. The van der Waals surface area contributed by atoms with E-state index in [0.29, 0.717) is 10.0 Å². The summed E-state index contributed by atoms with van der Waals surface area (Å²) in [6.45, 7) is 2.31. The molecule has 3 unspecified atom stereocenters. The van der Waals surface area contributed by atoms with Gasteiger partial charge in [-0.25, -0.2) is 0 Å².